The number of allylic oxidation sites excluding steroid dienone is 3. The van der Waals surface area contributed by atoms with E-state index in [1.54, 1.807) is 6.92 Å². The van der Waals surface area contributed by atoms with Gasteiger partial charge in [0, 0.05) is 12.2 Å². The van der Waals surface area contributed by atoms with Gasteiger partial charge in [-0.1, -0.05) is 23.3 Å². The highest BCUT2D eigenvalue weighted by Crippen LogP contribution is 2.11. The summed E-state index contributed by atoms with van der Waals surface area (Å²) in [4.78, 5) is 10.8. The Morgan fingerprint density at radius 1 is 1.00 bits per heavy atom. The van der Waals surface area contributed by atoms with Crippen LogP contribution in [-0.4, -0.2) is 17.8 Å². The Kier molecular flexibility index (Phi) is 9.40. The van der Waals surface area contributed by atoms with Crippen LogP contribution in [-0.2, 0) is 4.79 Å². The zero-order valence-corrected chi connectivity index (χ0v) is 11.8. The summed E-state index contributed by atoms with van der Waals surface area (Å²) in [5.74, 6) is 1.39. The Morgan fingerprint density at radius 2 is 1.62 bits per heavy atom. The molecule has 0 spiro atoms. The molecular weight excluding hydrogens is 216 g/mol. The van der Waals surface area contributed by atoms with Crippen molar-refractivity contribution >= 4 is 17.5 Å². The van der Waals surface area contributed by atoms with Gasteiger partial charge in [0.2, 0.25) is 0 Å². The maximum Gasteiger partial charge on any atom is 0.130 e. The second-order valence-electron chi connectivity index (χ2n) is 4.30. The average Bonchev–Trinajstić information content (AvgIpc) is 2.23. The second kappa shape index (κ2) is 9.71. The van der Waals surface area contributed by atoms with E-state index in [4.69, 9.17) is 0 Å². The molecule has 0 saturated carbocycles. The molecule has 0 saturated heterocycles. The third-order valence-corrected chi connectivity index (χ3v) is 3.00. The van der Waals surface area contributed by atoms with Crippen molar-refractivity contribution in [3.05, 3.63) is 23.3 Å². The highest BCUT2D eigenvalue weighted by molar-refractivity contribution is 7.98. The summed E-state index contributed by atoms with van der Waals surface area (Å²) in [6.07, 6.45) is 10.5. The summed E-state index contributed by atoms with van der Waals surface area (Å²) in [5, 5.41) is 0. The monoisotopic (exact) mass is 240 g/mol. The van der Waals surface area contributed by atoms with E-state index in [-0.39, 0.29) is 5.78 Å². The lowest BCUT2D eigenvalue weighted by Gasteiger charge is -2.01. The summed E-state index contributed by atoms with van der Waals surface area (Å²) in [6, 6.07) is 0. The number of carbonyl (C=O) groups excluding carboxylic acids is 1. The Labute approximate surface area is 104 Å². The number of hydrogen-bond donors (Lipinski definition) is 0. The molecule has 0 amide bonds. The predicted octanol–water partition coefficient (Wildman–Crippen LogP) is 4.39. The van der Waals surface area contributed by atoms with E-state index in [9.17, 15) is 4.79 Å². The fourth-order valence-corrected chi connectivity index (χ4v) is 1.80. The van der Waals surface area contributed by atoms with Crippen LogP contribution >= 0.6 is 11.8 Å². The van der Waals surface area contributed by atoms with Crippen LogP contribution in [0.2, 0.25) is 0 Å². The lowest BCUT2D eigenvalue weighted by Crippen LogP contribution is -1.90. The zero-order valence-electron chi connectivity index (χ0n) is 11.0. The summed E-state index contributed by atoms with van der Waals surface area (Å²) in [6.45, 7) is 5.96. The molecular formula is C14H24OS. The van der Waals surface area contributed by atoms with E-state index >= 15 is 0 Å². The first-order chi connectivity index (χ1) is 7.56. The van der Waals surface area contributed by atoms with E-state index < -0.39 is 0 Å². The van der Waals surface area contributed by atoms with Crippen molar-refractivity contribution in [1.29, 1.82) is 0 Å². The molecule has 0 heterocycles. The van der Waals surface area contributed by atoms with Gasteiger partial charge in [0.1, 0.15) is 5.78 Å². The second-order valence-corrected chi connectivity index (χ2v) is 5.21. The SMILES string of the molecule is CSC/C=C(\C)CC/C=C(\C)CCC(C)=O. The average molecular weight is 240 g/mol. The number of thioether (sulfide) groups is 1. The standard InChI is InChI=1S/C14H24OS/c1-12(8-9-14(3)15)6-5-7-13(2)10-11-16-4/h6,10H,5,7-9,11H2,1-4H3/b12-6+,13-10+. The summed E-state index contributed by atoms with van der Waals surface area (Å²) < 4.78 is 0. The molecule has 0 aliphatic carbocycles. The van der Waals surface area contributed by atoms with Crippen molar-refractivity contribution in [2.24, 2.45) is 0 Å². The Morgan fingerprint density at radius 3 is 2.19 bits per heavy atom. The molecule has 0 rings (SSSR count). The van der Waals surface area contributed by atoms with Crippen LogP contribution < -0.4 is 0 Å². The van der Waals surface area contributed by atoms with Crippen LogP contribution in [0.15, 0.2) is 23.3 Å². The normalized spacial score (nSPS) is 13.0. The molecule has 0 fully saturated rings. The molecule has 0 atom stereocenters. The van der Waals surface area contributed by atoms with Crippen molar-refractivity contribution in [3.8, 4) is 0 Å². The Balaban J connectivity index is 3.77. The van der Waals surface area contributed by atoms with Crippen LogP contribution in [0.3, 0.4) is 0 Å². The maximum absolute atomic E-state index is 10.8. The molecule has 92 valence electrons. The number of Topliss-reactive ketones (excluding diaryl/α,β-unsaturated/α-hetero) is 1. The number of rotatable bonds is 8. The van der Waals surface area contributed by atoms with E-state index in [1.807, 2.05) is 11.8 Å². The summed E-state index contributed by atoms with van der Waals surface area (Å²) in [7, 11) is 0. The Hall–Kier alpha value is -0.500. The molecule has 0 aromatic carbocycles. The highest BCUT2D eigenvalue weighted by Gasteiger charge is 1.95. The largest absolute Gasteiger partial charge is 0.300 e. The zero-order chi connectivity index (χ0) is 12.4. The van der Waals surface area contributed by atoms with E-state index in [0.717, 1.165) is 25.0 Å². The van der Waals surface area contributed by atoms with Crippen LogP contribution in [0.1, 0.15) is 46.5 Å². The minimum absolute atomic E-state index is 0.281. The van der Waals surface area contributed by atoms with E-state index in [0.29, 0.717) is 6.42 Å². The molecule has 0 N–H and O–H groups in total. The topological polar surface area (TPSA) is 17.1 Å². The van der Waals surface area contributed by atoms with Crippen LogP contribution in [0.4, 0.5) is 0 Å². The molecule has 0 aromatic heterocycles. The number of ketones is 1. The first kappa shape index (κ1) is 15.5. The Bertz CT molecular complexity index is 264. The lowest BCUT2D eigenvalue weighted by atomic mass is 10.1. The predicted molar refractivity (Wildman–Crippen MR) is 75.0 cm³/mol. The molecule has 0 bridgehead atoms. The number of carbonyl (C=O) groups is 1. The molecule has 1 nitrogen and oxygen atoms in total. The van der Waals surface area contributed by atoms with Crippen molar-refractivity contribution in [2.45, 2.75) is 46.5 Å². The summed E-state index contributed by atoms with van der Waals surface area (Å²) in [5.41, 5.74) is 2.80. The van der Waals surface area contributed by atoms with Gasteiger partial charge < -0.3 is 4.79 Å². The third kappa shape index (κ3) is 10.0. The van der Waals surface area contributed by atoms with Gasteiger partial charge in [-0.05, 0) is 46.3 Å². The third-order valence-electron chi connectivity index (χ3n) is 2.50. The molecule has 0 unspecified atom stereocenters. The van der Waals surface area contributed by atoms with Gasteiger partial charge >= 0.3 is 0 Å². The smallest absolute Gasteiger partial charge is 0.130 e. The van der Waals surface area contributed by atoms with E-state index in [2.05, 4.69) is 32.3 Å². The molecule has 2 heteroatoms. The van der Waals surface area contributed by atoms with Gasteiger partial charge in [0.05, 0.1) is 0 Å². The molecule has 0 aliphatic rings. The minimum Gasteiger partial charge on any atom is -0.300 e. The van der Waals surface area contributed by atoms with Crippen molar-refractivity contribution in [2.75, 3.05) is 12.0 Å². The van der Waals surface area contributed by atoms with Gasteiger partial charge in [0.15, 0.2) is 0 Å². The fraction of sp³-hybridized carbons (Fsp3) is 0.643. The van der Waals surface area contributed by atoms with Crippen LogP contribution in [0, 0.1) is 0 Å². The summed E-state index contributed by atoms with van der Waals surface area (Å²) >= 11 is 1.85. The first-order valence-electron chi connectivity index (χ1n) is 5.86. The maximum atomic E-state index is 10.8. The van der Waals surface area contributed by atoms with Crippen molar-refractivity contribution in [3.63, 3.8) is 0 Å². The van der Waals surface area contributed by atoms with Crippen LogP contribution in [0.5, 0.6) is 0 Å². The molecule has 0 radical (unpaired) electrons. The quantitative estimate of drug-likeness (QED) is 0.585. The van der Waals surface area contributed by atoms with E-state index in [1.165, 1.54) is 11.1 Å². The lowest BCUT2D eigenvalue weighted by molar-refractivity contribution is -0.116. The molecule has 0 aliphatic heterocycles. The van der Waals surface area contributed by atoms with Crippen molar-refractivity contribution in [1.82, 2.24) is 0 Å². The fourth-order valence-electron chi connectivity index (χ4n) is 1.35. The first-order valence-corrected chi connectivity index (χ1v) is 7.25. The van der Waals surface area contributed by atoms with Gasteiger partial charge in [0.25, 0.3) is 0 Å². The van der Waals surface area contributed by atoms with Gasteiger partial charge in [-0.15, -0.1) is 0 Å². The van der Waals surface area contributed by atoms with Gasteiger partial charge in [-0.25, -0.2) is 0 Å². The molecule has 16 heavy (non-hydrogen) atoms. The number of hydrogen-bond acceptors (Lipinski definition) is 2. The van der Waals surface area contributed by atoms with Gasteiger partial charge in [-0.2, -0.15) is 11.8 Å². The van der Waals surface area contributed by atoms with Gasteiger partial charge in [-0.3, -0.25) is 0 Å². The van der Waals surface area contributed by atoms with Crippen molar-refractivity contribution < 1.29 is 4.79 Å². The minimum atomic E-state index is 0.281. The highest BCUT2D eigenvalue weighted by atomic mass is 32.2. The van der Waals surface area contributed by atoms with Crippen LogP contribution in [0.25, 0.3) is 0 Å². The molecule has 0 aromatic rings.